The first-order valence-corrected chi connectivity index (χ1v) is 7.76. The summed E-state index contributed by atoms with van der Waals surface area (Å²) >= 11 is 9.07. The van der Waals surface area contributed by atoms with E-state index in [2.05, 4.69) is 25.9 Å². The molecule has 0 radical (unpaired) electrons. The second kappa shape index (κ2) is 4.48. The normalized spacial score (nSPS) is 11.6. The van der Waals surface area contributed by atoms with Crippen LogP contribution in [0, 0.1) is 4.77 Å². The Bertz CT molecular complexity index is 720. The highest BCUT2D eigenvalue weighted by Crippen LogP contribution is 2.31. The molecule has 0 fully saturated rings. The highest BCUT2D eigenvalue weighted by molar-refractivity contribution is 9.11. The number of nitrogen functional groups attached to an aromatic ring is 1. The van der Waals surface area contributed by atoms with E-state index in [1.165, 1.54) is 6.07 Å². The monoisotopic (exact) mass is 351 g/mol. The van der Waals surface area contributed by atoms with Crippen molar-refractivity contribution in [3.05, 3.63) is 26.9 Å². The zero-order valence-electron chi connectivity index (χ0n) is 8.18. The Morgan fingerprint density at radius 2 is 2.18 bits per heavy atom. The molecule has 0 atom stereocenters. The van der Waals surface area contributed by atoms with Crippen LogP contribution in [0.5, 0.6) is 0 Å². The lowest BCUT2D eigenvalue weighted by Gasteiger charge is -2.04. The van der Waals surface area contributed by atoms with Gasteiger partial charge in [-0.1, -0.05) is 0 Å². The minimum absolute atomic E-state index is 0.00507. The smallest absolute Gasteiger partial charge is 0.221 e. The molecule has 2 aromatic rings. The lowest BCUT2D eigenvalue weighted by atomic mass is 10.6. The standard InChI is InChI=1S/C8H6BrN3O2S3/c9-5-1-2-6(16-5)17(13,14)4-3-11-8(15)12-7(4)10/h1-3H,(H3,10,11,12,15). The fraction of sp³-hybridized carbons (Fsp3) is 0. The molecule has 2 rings (SSSR count). The van der Waals surface area contributed by atoms with Crippen molar-refractivity contribution >= 4 is 55.1 Å². The summed E-state index contributed by atoms with van der Waals surface area (Å²) in [4.78, 5) is 6.18. The Hall–Kier alpha value is -0.770. The van der Waals surface area contributed by atoms with Crippen LogP contribution in [-0.4, -0.2) is 18.4 Å². The highest BCUT2D eigenvalue weighted by atomic mass is 79.9. The van der Waals surface area contributed by atoms with E-state index in [1.54, 1.807) is 6.07 Å². The van der Waals surface area contributed by atoms with Gasteiger partial charge in [-0.3, -0.25) is 0 Å². The van der Waals surface area contributed by atoms with Crippen LogP contribution < -0.4 is 5.73 Å². The van der Waals surface area contributed by atoms with Crippen LogP contribution in [0.4, 0.5) is 5.82 Å². The average molecular weight is 352 g/mol. The van der Waals surface area contributed by atoms with Crippen LogP contribution >= 0.6 is 39.5 Å². The van der Waals surface area contributed by atoms with Crippen molar-refractivity contribution in [2.45, 2.75) is 9.10 Å². The summed E-state index contributed by atoms with van der Waals surface area (Å²) in [6, 6.07) is 3.16. The third kappa shape index (κ3) is 2.41. The number of halogens is 1. The van der Waals surface area contributed by atoms with Gasteiger partial charge < -0.3 is 10.7 Å². The summed E-state index contributed by atoms with van der Waals surface area (Å²) in [5, 5.41) is 0. The molecule has 5 nitrogen and oxygen atoms in total. The van der Waals surface area contributed by atoms with E-state index in [0.29, 0.717) is 0 Å². The van der Waals surface area contributed by atoms with Crippen LogP contribution in [0.15, 0.2) is 31.2 Å². The number of hydrogen-bond acceptors (Lipinski definition) is 6. The fourth-order valence-electron chi connectivity index (χ4n) is 1.16. The van der Waals surface area contributed by atoms with Gasteiger partial charge in [-0.15, -0.1) is 11.3 Å². The van der Waals surface area contributed by atoms with E-state index in [-0.39, 0.29) is 19.7 Å². The van der Waals surface area contributed by atoms with Gasteiger partial charge in [-0.2, -0.15) is 0 Å². The van der Waals surface area contributed by atoms with Crippen LogP contribution in [0.3, 0.4) is 0 Å². The Balaban J connectivity index is 2.64. The Morgan fingerprint density at radius 3 is 2.71 bits per heavy atom. The quantitative estimate of drug-likeness (QED) is 0.810. The topological polar surface area (TPSA) is 88.8 Å². The number of anilines is 1. The third-order valence-electron chi connectivity index (χ3n) is 1.91. The maximum absolute atomic E-state index is 12.2. The number of aromatic nitrogens is 2. The molecule has 0 aromatic carbocycles. The zero-order valence-corrected chi connectivity index (χ0v) is 12.2. The van der Waals surface area contributed by atoms with Crippen molar-refractivity contribution in [2.24, 2.45) is 0 Å². The summed E-state index contributed by atoms with van der Waals surface area (Å²) in [5.41, 5.74) is 5.60. The van der Waals surface area contributed by atoms with Gasteiger partial charge in [0.15, 0.2) is 4.77 Å². The Morgan fingerprint density at radius 1 is 1.47 bits per heavy atom. The molecule has 90 valence electrons. The number of hydrogen-bond donors (Lipinski definition) is 2. The minimum Gasteiger partial charge on any atom is -0.384 e. The molecular formula is C8H6BrN3O2S3. The number of aromatic amines is 1. The van der Waals surface area contributed by atoms with E-state index >= 15 is 0 Å². The summed E-state index contributed by atoms with van der Waals surface area (Å²) < 4.78 is 25.5. The van der Waals surface area contributed by atoms with E-state index in [9.17, 15) is 8.42 Å². The summed E-state index contributed by atoms with van der Waals surface area (Å²) in [7, 11) is -3.64. The van der Waals surface area contributed by atoms with Crippen molar-refractivity contribution in [3.8, 4) is 0 Å². The summed E-state index contributed by atoms with van der Waals surface area (Å²) in [5.74, 6) is -0.00507. The lowest BCUT2D eigenvalue weighted by molar-refractivity contribution is 0.597. The highest BCUT2D eigenvalue weighted by Gasteiger charge is 2.23. The molecule has 3 N–H and O–H groups in total. The molecule has 0 amide bonds. The molecule has 2 heterocycles. The molecular weight excluding hydrogens is 346 g/mol. The van der Waals surface area contributed by atoms with Crippen molar-refractivity contribution in [3.63, 3.8) is 0 Å². The van der Waals surface area contributed by atoms with Crippen LogP contribution in [0.25, 0.3) is 0 Å². The van der Waals surface area contributed by atoms with Gasteiger partial charge in [0, 0.05) is 0 Å². The van der Waals surface area contributed by atoms with E-state index in [0.717, 1.165) is 21.3 Å². The number of H-pyrrole nitrogens is 1. The van der Waals surface area contributed by atoms with Crippen LogP contribution in [-0.2, 0) is 9.84 Å². The molecule has 0 unspecified atom stereocenters. The van der Waals surface area contributed by atoms with Gasteiger partial charge in [-0.25, -0.2) is 13.4 Å². The second-order valence-corrected chi connectivity index (χ2v) is 8.02. The number of sulfone groups is 1. The maximum Gasteiger partial charge on any atom is 0.221 e. The van der Waals surface area contributed by atoms with Crippen LogP contribution in [0.2, 0.25) is 0 Å². The average Bonchev–Trinajstić information content (AvgIpc) is 2.64. The van der Waals surface area contributed by atoms with Gasteiger partial charge in [-0.05, 0) is 40.3 Å². The molecule has 0 aliphatic carbocycles. The molecule has 2 aromatic heterocycles. The first kappa shape index (κ1) is 12.7. The molecule has 0 bridgehead atoms. The number of nitrogens with two attached hydrogens (primary N) is 1. The van der Waals surface area contributed by atoms with Crippen molar-refractivity contribution < 1.29 is 8.42 Å². The van der Waals surface area contributed by atoms with E-state index < -0.39 is 9.84 Å². The second-order valence-electron chi connectivity index (χ2n) is 3.03. The van der Waals surface area contributed by atoms with Crippen molar-refractivity contribution in [2.75, 3.05) is 5.73 Å². The molecule has 0 aliphatic heterocycles. The molecule has 0 spiro atoms. The molecule has 17 heavy (non-hydrogen) atoms. The van der Waals surface area contributed by atoms with Gasteiger partial charge in [0.25, 0.3) is 0 Å². The SMILES string of the molecule is Nc1[nH]c(=S)ncc1S(=O)(=O)c1ccc(Br)s1. The predicted molar refractivity (Wildman–Crippen MR) is 71.3 cm³/mol. The van der Waals surface area contributed by atoms with Gasteiger partial charge in [0.2, 0.25) is 9.84 Å². The summed E-state index contributed by atoms with van der Waals surface area (Å²) in [6.07, 6.45) is 1.16. The summed E-state index contributed by atoms with van der Waals surface area (Å²) in [6.45, 7) is 0. The number of nitrogens with one attached hydrogen (secondary N) is 1. The minimum atomic E-state index is -3.64. The number of nitrogens with zero attached hydrogens (tertiary/aromatic N) is 1. The number of thiophene rings is 1. The van der Waals surface area contributed by atoms with Gasteiger partial charge in [0.05, 0.1) is 9.98 Å². The Labute approximate surface area is 115 Å². The first-order valence-electron chi connectivity index (χ1n) is 4.26. The molecule has 9 heteroatoms. The molecule has 0 saturated heterocycles. The van der Waals surface area contributed by atoms with Crippen LogP contribution in [0.1, 0.15) is 0 Å². The lowest BCUT2D eigenvalue weighted by Crippen LogP contribution is -2.06. The maximum atomic E-state index is 12.2. The Kier molecular flexibility index (Phi) is 3.34. The van der Waals surface area contributed by atoms with Crippen molar-refractivity contribution in [1.29, 1.82) is 0 Å². The van der Waals surface area contributed by atoms with Gasteiger partial charge >= 0.3 is 0 Å². The number of rotatable bonds is 2. The van der Waals surface area contributed by atoms with E-state index in [1.807, 2.05) is 0 Å². The van der Waals surface area contributed by atoms with Gasteiger partial charge in [0.1, 0.15) is 14.9 Å². The zero-order chi connectivity index (χ0) is 12.6. The molecule has 0 aliphatic rings. The van der Waals surface area contributed by atoms with E-state index in [4.69, 9.17) is 18.0 Å². The molecule has 0 saturated carbocycles. The third-order valence-corrected chi connectivity index (χ3v) is 6.01. The van der Waals surface area contributed by atoms with Crippen molar-refractivity contribution in [1.82, 2.24) is 9.97 Å². The predicted octanol–water partition coefficient (Wildman–Crippen LogP) is 2.38. The largest absolute Gasteiger partial charge is 0.384 e. The first-order chi connectivity index (χ1) is 7.91. The fourth-order valence-corrected chi connectivity index (χ4v) is 4.74.